The number of benzene rings is 3. The number of aryl methyl sites for hydroxylation is 1. The fraction of sp³-hybridized carbons (Fsp3) is 0.222. The maximum atomic E-state index is 13.4. The molecular formula is C27H22FN3O2. The van der Waals surface area contributed by atoms with Gasteiger partial charge in [0, 0.05) is 35.4 Å². The first-order valence-corrected chi connectivity index (χ1v) is 11.1. The van der Waals surface area contributed by atoms with Crippen LogP contribution in [0.15, 0.2) is 72.9 Å². The van der Waals surface area contributed by atoms with Gasteiger partial charge in [0.1, 0.15) is 12.1 Å². The summed E-state index contributed by atoms with van der Waals surface area (Å²) in [5.74, 6) is -0.232. The van der Waals surface area contributed by atoms with Gasteiger partial charge in [-0.05, 0) is 72.5 Å². The summed E-state index contributed by atoms with van der Waals surface area (Å²) >= 11 is 0. The molecule has 0 unspecified atom stereocenters. The predicted octanol–water partition coefficient (Wildman–Crippen LogP) is 4.31. The lowest BCUT2D eigenvalue weighted by molar-refractivity contribution is -0.109. The lowest BCUT2D eigenvalue weighted by Gasteiger charge is -2.24. The Morgan fingerprint density at radius 2 is 1.88 bits per heavy atom. The second-order valence-corrected chi connectivity index (χ2v) is 9.12. The quantitative estimate of drug-likeness (QED) is 0.445. The van der Waals surface area contributed by atoms with Crippen LogP contribution in [0.5, 0.6) is 0 Å². The molecule has 3 aromatic carbocycles. The minimum Gasteiger partial charge on any atom is -0.337 e. The van der Waals surface area contributed by atoms with Crippen LogP contribution in [0.1, 0.15) is 21.5 Å². The minimum absolute atomic E-state index is 0.00897. The molecule has 1 saturated carbocycles. The maximum Gasteiger partial charge on any atom is 0.253 e. The number of aromatic nitrogens is 2. The molecule has 0 radical (unpaired) electrons. The van der Waals surface area contributed by atoms with Crippen molar-refractivity contribution in [3.05, 3.63) is 95.4 Å². The summed E-state index contributed by atoms with van der Waals surface area (Å²) in [6, 6.07) is 19.7. The molecular weight excluding hydrogens is 417 g/mol. The normalized spacial score (nSPS) is 23.5. The monoisotopic (exact) mass is 439 g/mol. The Bertz CT molecular complexity index is 1400. The van der Waals surface area contributed by atoms with E-state index in [1.54, 1.807) is 23.0 Å². The number of carbonyl (C=O) groups excluding carboxylic acids is 2. The van der Waals surface area contributed by atoms with Gasteiger partial charge in [-0.15, -0.1) is 0 Å². The van der Waals surface area contributed by atoms with Gasteiger partial charge >= 0.3 is 0 Å². The topological polar surface area (TPSA) is 55.2 Å². The van der Waals surface area contributed by atoms with E-state index in [-0.39, 0.29) is 29.0 Å². The van der Waals surface area contributed by atoms with E-state index in [4.69, 9.17) is 0 Å². The van der Waals surface area contributed by atoms with Crippen LogP contribution in [-0.4, -0.2) is 40.0 Å². The zero-order valence-corrected chi connectivity index (χ0v) is 18.1. The fourth-order valence-corrected chi connectivity index (χ4v) is 5.73. The first kappa shape index (κ1) is 19.9. The smallest absolute Gasteiger partial charge is 0.253 e. The van der Waals surface area contributed by atoms with Gasteiger partial charge in [0.2, 0.25) is 0 Å². The van der Waals surface area contributed by atoms with Gasteiger partial charge in [-0.25, -0.2) is 9.07 Å². The summed E-state index contributed by atoms with van der Waals surface area (Å²) in [6.45, 7) is 3.17. The highest BCUT2D eigenvalue weighted by molar-refractivity contribution is 5.95. The molecule has 1 amide bonds. The Morgan fingerprint density at radius 3 is 2.61 bits per heavy atom. The van der Waals surface area contributed by atoms with E-state index >= 15 is 0 Å². The van der Waals surface area contributed by atoms with Crippen LogP contribution in [0, 0.1) is 24.6 Å². The Hall–Kier alpha value is -3.80. The third-order valence-electron chi connectivity index (χ3n) is 7.39. The molecule has 33 heavy (non-hydrogen) atoms. The largest absolute Gasteiger partial charge is 0.337 e. The van der Waals surface area contributed by atoms with Gasteiger partial charge in [0.25, 0.3) is 5.91 Å². The second-order valence-electron chi connectivity index (χ2n) is 9.12. The first-order valence-electron chi connectivity index (χ1n) is 11.1. The summed E-state index contributed by atoms with van der Waals surface area (Å²) in [7, 11) is 0. The Balaban J connectivity index is 1.38. The van der Waals surface area contributed by atoms with Gasteiger partial charge in [0.15, 0.2) is 0 Å². The molecule has 3 atom stereocenters. The van der Waals surface area contributed by atoms with Crippen LogP contribution in [0.25, 0.3) is 16.6 Å². The standard InChI is InChI=1S/C27H22FN3O2/c1-17-11-25-19(13-29-31(25)21-9-7-20(28)8-10-21)12-22(17)27-16-30(14-23(27)24(27)15-32)26(33)18-5-3-2-4-6-18/h2-13,15,23-24H,14,16H2,1H3/t23-,24-,27+/m1/s1. The van der Waals surface area contributed by atoms with Gasteiger partial charge in [-0.2, -0.15) is 5.10 Å². The Morgan fingerprint density at radius 1 is 1.12 bits per heavy atom. The second kappa shape index (κ2) is 7.10. The molecule has 5 nitrogen and oxygen atoms in total. The molecule has 1 aromatic heterocycles. The molecule has 2 heterocycles. The Labute approximate surface area is 190 Å². The third-order valence-corrected chi connectivity index (χ3v) is 7.39. The summed E-state index contributed by atoms with van der Waals surface area (Å²) < 4.78 is 15.2. The highest BCUT2D eigenvalue weighted by Crippen LogP contribution is 2.64. The number of hydrogen-bond acceptors (Lipinski definition) is 3. The van der Waals surface area contributed by atoms with Crippen LogP contribution in [-0.2, 0) is 10.2 Å². The zero-order chi connectivity index (χ0) is 22.7. The molecule has 164 valence electrons. The number of likely N-dealkylation sites (tertiary alicyclic amines) is 1. The van der Waals surface area contributed by atoms with Crippen LogP contribution >= 0.6 is 0 Å². The molecule has 0 N–H and O–H groups in total. The van der Waals surface area contributed by atoms with E-state index in [0.29, 0.717) is 18.7 Å². The molecule has 1 aliphatic carbocycles. The van der Waals surface area contributed by atoms with Gasteiger partial charge in [-0.1, -0.05) is 18.2 Å². The van der Waals surface area contributed by atoms with E-state index < -0.39 is 0 Å². The first-order chi connectivity index (χ1) is 16.0. The average molecular weight is 439 g/mol. The van der Waals surface area contributed by atoms with Crippen molar-refractivity contribution in [2.24, 2.45) is 11.8 Å². The number of nitrogens with zero attached hydrogens (tertiary/aromatic N) is 3. The van der Waals surface area contributed by atoms with Crippen molar-refractivity contribution < 1.29 is 14.0 Å². The average Bonchev–Trinajstić information content (AvgIpc) is 3.12. The number of rotatable bonds is 4. The lowest BCUT2D eigenvalue weighted by atomic mass is 9.88. The van der Waals surface area contributed by atoms with E-state index in [0.717, 1.165) is 34.0 Å². The SMILES string of the molecule is Cc1cc2c(cnn2-c2ccc(F)cc2)cc1[C@@]12CN(C(=O)c3ccccc3)C[C@@H]1[C@H]2C=O. The molecule has 6 rings (SSSR count). The van der Waals surface area contributed by atoms with Crippen LogP contribution in [0.3, 0.4) is 0 Å². The van der Waals surface area contributed by atoms with Gasteiger partial charge < -0.3 is 9.69 Å². The van der Waals surface area contributed by atoms with Crippen molar-refractivity contribution in [3.63, 3.8) is 0 Å². The van der Waals surface area contributed by atoms with Crippen molar-refractivity contribution >= 4 is 23.1 Å². The number of halogens is 1. The lowest BCUT2D eigenvalue weighted by Crippen LogP contribution is -2.35. The molecule has 0 spiro atoms. The molecule has 2 fully saturated rings. The maximum absolute atomic E-state index is 13.4. The van der Waals surface area contributed by atoms with E-state index in [1.165, 1.54) is 12.1 Å². The molecule has 1 saturated heterocycles. The van der Waals surface area contributed by atoms with Crippen molar-refractivity contribution in [2.75, 3.05) is 13.1 Å². The summed E-state index contributed by atoms with van der Waals surface area (Å²) in [4.78, 5) is 26.9. The zero-order valence-electron chi connectivity index (χ0n) is 18.1. The highest BCUT2D eigenvalue weighted by Gasteiger charge is 2.70. The number of carbonyl (C=O) groups is 2. The molecule has 4 aromatic rings. The number of amides is 1. The van der Waals surface area contributed by atoms with E-state index in [1.807, 2.05) is 42.2 Å². The molecule has 2 aliphatic rings. The van der Waals surface area contributed by atoms with Gasteiger partial charge in [-0.3, -0.25) is 4.79 Å². The van der Waals surface area contributed by atoms with Crippen molar-refractivity contribution in [1.29, 1.82) is 0 Å². The predicted molar refractivity (Wildman–Crippen MR) is 123 cm³/mol. The number of fused-ring (bicyclic) bond motifs is 2. The summed E-state index contributed by atoms with van der Waals surface area (Å²) in [6.07, 6.45) is 2.86. The number of aldehydes is 1. The Kier molecular flexibility index (Phi) is 4.27. The van der Waals surface area contributed by atoms with Crippen LogP contribution in [0.2, 0.25) is 0 Å². The van der Waals surface area contributed by atoms with Crippen molar-refractivity contribution in [1.82, 2.24) is 14.7 Å². The van der Waals surface area contributed by atoms with Crippen LogP contribution < -0.4 is 0 Å². The fourth-order valence-electron chi connectivity index (χ4n) is 5.73. The molecule has 0 bridgehead atoms. The van der Waals surface area contributed by atoms with Crippen molar-refractivity contribution in [3.8, 4) is 5.69 Å². The number of piperidine rings is 1. The minimum atomic E-state index is -0.345. The van der Waals surface area contributed by atoms with E-state index in [9.17, 15) is 14.0 Å². The van der Waals surface area contributed by atoms with Crippen LogP contribution in [0.4, 0.5) is 4.39 Å². The molecule has 1 aliphatic heterocycles. The van der Waals surface area contributed by atoms with Gasteiger partial charge in [0.05, 0.1) is 17.4 Å². The highest BCUT2D eigenvalue weighted by atomic mass is 19.1. The third kappa shape index (κ3) is 2.86. The summed E-state index contributed by atoms with van der Waals surface area (Å²) in [5.41, 5.74) is 4.21. The molecule has 6 heteroatoms. The van der Waals surface area contributed by atoms with Crippen molar-refractivity contribution in [2.45, 2.75) is 12.3 Å². The number of hydrogen-bond donors (Lipinski definition) is 0. The van der Waals surface area contributed by atoms with E-state index in [2.05, 4.69) is 17.2 Å². The summed E-state index contributed by atoms with van der Waals surface area (Å²) in [5, 5.41) is 5.48.